The third kappa shape index (κ3) is 3.01. The van der Waals surface area contributed by atoms with Crippen molar-refractivity contribution in [2.45, 2.75) is 17.6 Å². The van der Waals surface area contributed by atoms with Gasteiger partial charge in [-0.1, -0.05) is 5.16 Å². The average molecular weight is 390 g/mol. The van der Waals surface area contributed by atoms with Crippen LogP contribution in [-0.4, -0.2) is 22.7 Å². The number of rotatable bonds is 4. The molecule has 0 atom stereocenters. The highest BCUT2D eigenvalue weighted by molar-refractivity contribution is 7.89. The molecule has 2 heterocycles. The van der Waals surface area contributed by atoms with Crippen molar-refractivity contribution in [1.29, 1.82) is 0 Å². The summed E-state index contributed by atoms with van der Waals surface area (Å²) in [5.74, 6) is 0. The molecule has 0 aliphatic carbocycles. The van der Waals surface area contributed by atoms with Gasteiger partial charge in [-0.2, -0.15) is 13.2 Å². The topological polar surface area (TPSA) is 99.1 Å². The van der Waals surface area contributed by atoms with Crippen LogP contribution >= 0.6 is 0 Å². The van der Waals surface area contributed by atoms with Gasteiger partial charge < -0.3 is 4.52 Å². The van der Waals surface area contributed by atoms with E-state index in [1.165, 1.54) is 34.4 Å². The number of nitrogens with one attached hydrogen (secondary N) is 1. The summed E-state index contributed by atoms with van der Waals surface area (Å²) < 4.78 is 72.0. The van der Waals surface area contributed by atoms with Crippen LogP contribution in [0.2, 0.25) is 0 Å². The van der Waals surface area contributed by atoms with Gasteiger partial charge in [0.05, 0.1) is 15.9 Å². The maximum absolute atomic E-state index is 12.7. The van der Waals surface area contributed by atoms with Crippen LogP contribution in [0, 0.1) is 0 Å². The minimum atomic E-state index is -4.75. The van der Waals surface area contributed by atoms with Crippen molar-refractivity contribution in [3.05, 3.63) is 46.2 Å². The highest BCUT2D eigenvalue weighted by Gasteiger charge is 2.37. The summed E-state index contributed by atoms with van der Waals surface area (Å²) >= 11 is 0. The Balaban J connectivity index is 1.92. The van der Waals surface area contributed by atoms with Crippen LogP contribution in [0.25, 0.3) is 11.0 Å². The molecular weight excluding hydrogens is 377 g/mol. The van der Waals surface area contributed by atoms with Gasteiger partial charge in [-0.25, -0.2) is 17.9 Å². The number of hydrogen-bond donors (Lipinski definition) is 1. The quantitative estimate of drug-likeness (QED) is 0.725. The van der Waals surface area contributed by atoms with Crippen LogP contribution in [0.15, 0.2) is 38.7 Å². The number of aromatic nitrogens is 3. The van der Waals surface area contributed by atoms with Crippen molar-refractivity contribution >= 4 is 21.1 Å². The predicted octanol–water partition coefficient (Wildman–Crippen LogP) is 1.36. The first-order chi connectivity index (χ1) is 12.0. The van der Waals surface area contributed by atoms with Gasteiger partial charge in [-0.3, -0.25) is 9.13 Å². The molecule has 12 heteroatoms. The maximum atomic E-state index is 12.7. The fourth-order valence-corrected chi connectivity index (χ4v) is 3.55. The smallest absolute Gasteiger partial charge is 0.364 e. The van der Waals surface area contributed by atoms with Crippen LogP contribution in [0.1, 0.15) is 11.3 Å². The molecule has 140 valence electrons. The third-order valence-electron chi connectivity index (χ3n) is 3.92. The Kier molecular flexibility index (Phi) is 4.19. The lowest BCUT2D eigenvalue weighted by Gasteiger charge is -2.08. The summed E-state index contributed by atoms with van der Waals surface area (Å²) in [6, 6.07) is 3.99. The second-order valence-electron chi connectivity index (χ2n) is 5.56. The van der Waals surface area contributed by atoms with Gasteiger partial charge in [0.25, 0.3) is 0 Å². The molecule has 0 aliphatic rings. The van der Waals surface area contributed by atoms with Gasteiger partial charge in [-0.05, 0) is 18.2 Å². The second-order valence-corrected chi connectivity index (χ2v) is 7.33. The lowest BCUT2D eigenvalue weighted by atomic mass is 10.2. The summed E-state index contributed by atoms with van der Waals surface area (Å²) in [4.78, 5) is 11.7. The summed E-state index contributed by atoms with van der Waals surface area (Å²) in [6.45, 7) is -0.646. The van der Waals surface area contributed by atoms with E-state index in [1.54, 1.807) is 7.05 Å². The van der Waals surface area contributed by atoms with E-state index in [4.69, 9.17) is 0 Å². The summed E-state index contributed by atoms with van der Waals surface area (Å²) in [7, 11) is -1.09. The van der Waals surface area contributed by atoms with Crippen LogP contribution < -0.4 is 10.4 Å². The van der Waals surface area contributed by atoms with Crippen molar-refractivity contribution in [3.63, 3.8) is 0 Å². The molecule has 1 N–H and O–H groups in total. The largest absolute Gasteiger partial charge is 0.437 e. The van der Waals surface area contributed by atoms with Gasteiger partial charge >= 0.3 is 11.9 Å². The molecule has 0 fully saturated rings. The van der Waals surface area contributed by atoms with E-state index in [2.05, 4.69) is 14.4 Å². The van der Waals surface area contributed by atoms with E-state index in [0.717, 1.165) is 6.26 Å². The number of alkyl halides is 3. The Morgan fingerprint density at radius 1 is 1.19 bits per heavy atom. The molecule has 1 aromatic carbocycles. The molecular formula is C14H13F3N4O4S. The molecule has 0 spiro atoms. The minimum absolute atomic E-state index is 0.184. The predicted molar refractivity (Wildman–Crippen MR) is 83.7 cm³/mol. The second kappa shape index (κ2) is 5.99. The Bertz CT molecular complexity index is 1140. The molecule has 0 unspecified atom stereocenters. The van der Waals surface area contributed by atoms with E-state index in [0.29, 0.717) is 11.0 Å². The van der Waals surface area contributed by atoms with Crippen LogP contribution in [0.5, 0.6) is 0 Å². The van der Waals surface area contributed by atoms with Gasteiger partial charge in [-0.15, -0.1) is 0 Å². The normalized spacial score (nSPS) is 12.8. The first-order valence-electron chi connectivity index (χ1n) is 7.18. The molecule has 8 nitrogen and oxygen atoms in total. The number of aryl methyl sites for hydroxylation is 2. The molecule has 0 saturated carbocycles. The van der Waals surface area contributed by atoms with Crippen molar-refractivity contribution in [1.82, 2.24) is 19.0 Å². The molecule has 0 radical (unpaired) electrons. The number of benzene rings is 1. The number of nitrogens with zero attached hydrogens (tertiary/aromatic N) is 3. The Morgan fingerprint density at radius 3 is 2.50 bits per heavy atom. The SMILES string of the molecule is Cn1c(=O)n(C)c2cc(S(=O)(=O)NCc3conc3C(F)(F)F)ccc21. The molecule has 0 saturated heterocycles. The standard InChI is InChI=1S/C14H13F3N4O4S/c1-20-10-4-3-9(5-11(10)21(2)13(20)22)26(23,24)18-6-8-7-25-19-12(8)14(15,16)17/h3-5,7,18H,6H2,1-2H3. The van der Waals surface area contributed by atoms with Crippen LogP contribution in [-0.2, 0) is 36.8 Å². The zero-order valence-electron chi connectivity index (χ0n) is 13.5. The maximum Gasteiger partial charge on any atom is 0.437 e. The van der Waals surface area contributed by atoms with Crippen molar-refractivity contribution in [2.75, 3.05) is 0 Å². The number of halogens is 3. The average Bonchev–Trinajstić information content (AvgIpc) is 3.13. The molecule has 26 heavy (non-hydrogen) atoms. The molecule has 0 amide bonds. The van der Waals surface area contributed by atoms with Crippen LogP contribution in [0.3, 0.4) is 0 Å². The molecule has 0 bridgehead atoms. The van der Waals surface area contributed by atoms with E-state index in [9.17, 15) is 26.4 Å². The van der Waals surface area contributed by atoms with Gasteiger partial charge in [0.15, 0.2) is 5.69 Å². The van der Waals surface area contributed by atoms with Crippen molar-refractivity contribution < 1.29 is 26.1 Å². The van der Waals surface area contributed by atoms with E-state index in [-0.39, 0.29) is 10.6 Å². The number of sulfonamides is 1. The van der Waals surface area contributed by atoms with E-state index < -0.39 is 34.0 Å². The Morgan fingerprint density at radius 2 is 1.85 bits per heavy atom. The summed E-state index contributed by atoms with van der Waals surface area (Å²) in [5.41, 5.74) is -1.16. The minimum Gasteiger partial charge on any atom is -0.364 e. The third-order valence-corrected chi connectivity index (χ3v) is 5.32. The lowest BCUT2D eigenvalue weighted by molar-refractivity contribution is -0.143. The zero-order valence-corrected chi connectivity index (χ0v) is 14.3. The van der Waals surface area contributed by atoms with Crippen molar-refractivity contribution in [3.8, 4) is 0 Å². The summed E-state index contributed by atoms with van der Waals surface area (Å²) in [5, 5.41) is 2.85. The molecule has 2 aromatic heterocycles. The van der Waals surface area contributed by atoms with E-state index >= 15 is 0 Å². The van der Waals surface area contributed by atoms with Crippen molar-refractivity contribution in [2.24, 2.45) is 14.1 Å². The molecule has 3 aromatic rings. The Hall–Kier alpha value is -2.60. The fraction of sp³-hybridized carbons (Fsp3) is 0.286. The van der Waals surface area contributed by atoms with E-state index in [1.807, 2.05) is 0 Å². The van der Waals surface area contributed by atoms with Crippen LogP contribution in [0.4, 0.5) is 13.2 Å². The number of hydrogen-bond acceptors (Lipinski definition) is 5. The van der Waals surface area contributed by atoms with Gasteiger partial charge in [0.1, 0.15) is 6.26 Å². The number of imidazole rings is 1. The first-order valence-corrected chi connectivity index (χ1v) is 8.66. The first kappa shape index (κ1) is 18.2. The Labute approximate surface area is 144 Å². The highest BCUT2D eigenvalue weighted by Crippen LogP contribution is 2.30. The molecule has 0 aliphatic heterocycles. The van der Waals surface area contributed by atoms with Gasteiger partial charge in [0.2, 0.25) is 10.0 Å². The summed E-state index contributed by atoms with van der Waals surface area (Å²) in [6.07, 6.45) is -4.02. The highest BCUT2D eigenvalue weighted by atomic mass is 32.2. The zero-order chi connectivity index (χ0) is 19.3. The number of fused-ring (bicyclic) bond motifs is 1. The monoisotopic (exact) mass is 390 g/mol. The lowest BCUT2D eigenvalue weighted by Crippen LogP contribution is -2.24. The molecule has 3 rings (SSSR count). The van der Waals surface area contributed by atoms with Gasteiger partial charge in [0, 0.05) is 26.2 Å². The fourth-order valence-electron chi connectivity index (χ4n) is 2.53.